The average Bonchev–Trinajstić information content (AvgIpc) is 3.21. The molecule has 0 aromatic carbocycles. The van der Waals surface area contributed by atoms with Crippen molar-refractivity contribution in [3.05, 3.63) is 30.9 Å². The van der Waals surface area contributed by atoms with Crippen molar-refractivity contribution in [2.24, 2.45) is 11.3 Å². The smallest absolute Gasteiger partial charge is 0.381 e. The van der Waals surface area contributed by atoms with Crippen LogP contribution in [0.5, 0.6) is 0 Å². The Morgan fingerprint density at radius 3 is 2.43 bits per heavy atom. The van der Waals surface area contributed by atoms with Crippen LogP contribution in [0.15, 0.2) is 25.2 Å². The van der Waals surface area contributed by atoms with Gasteiger partial charge >= 0.3 is 23.5 Å². The summed E-state index contributed by atoms with van der Waals surface area (Å²) >= 11 is 0. The molecular weight excluding hydrogens is 535 g/mol. The number of nitrogens with zero attached hydrogens (tertiary/aromatic N) is 4. The van der Waals surface area contributed by atoms with E-state index in [1.807, 2.05) is 0 Å². The molecule has 1 fully saturated rings. The Balaban J connectivity index is 1.90. The molecule has 35 heavy (non-hydrogen) atoms. The maximum atomic E-state index is 12.2. The van der Waals surface area contributed by atoms with Gasteiger partial charge in [-0.2, -0.15) is 13.7 Å². The summed E-state index contributed by atoms with van der Waals surface area (Å²) in [6, 6.07) is 0. The quantitative estimate of drug-likeness (QED) is 0.202. The number of methoxy groups -OCH3 is 1. The first-order valence-electron chi connectivity index (χ1n) is 9.57. The largest absolute Gasteiger partial charge is 0.490 e. The van der Waals surface area contributed by atoms with Crippen molar-refractivity contribution in [1.29, 1.82) is 0 Å². The van der Waals surface area contributed by atoms with E-state index in [1.165, 1.54) is 30.2 Å². The third-order valence-electron chi connectivity index (χ3n) is 5.43. The Hall–Kier alpha value is -1.58. The van der Waals surface area contributed by atoms with Crippen molar-refractivity contribution in [2.45, 2.75) is 25.7 Å². The van der Waals surface area contributed by atoms with Crippen LogP contribution in [0.3, 0.4) is 0 Å². The molecule has 2 aromatic rings. The minimum Gasteiger partial charge on any atom is -0.381 e. The van der Waals surface area contributed by atoms with Gasteiger partial charge in [-0.05, 0) is 0 Å². The summed E-state index contributed by atoms with van der Waals surface area (Å²) in [5.41, 5.74) is 5.45. The predicted octanol–water partition coefficient (Wildman–Crippen LogP) is 1.08. The first-order chi connectivity index (χ1) is 16.0. The lowest BCUT2D eigenvalue weighted by Crippen LogP contribution is -2.44. The molecule has 17 nitrogen and oxygen atoms in total. The summed E-state index contributed by atoms with van der Waals surface area (Å²) < 4.78 is 60.1. The summed E-state index contributed by atoms with van der Waals surface area (Å²) in [4.78, 5) is 44.5. The highest BCUT2D eigenvalue weighted by atomic mass is 31.3. The third kappa shape index (κ3) is 5.42. The zero-order valence-corrected chi connectivity index (χ0v) is 21.2. The third-order valence-corrected chi connectivity index (χ3v) is 9.23. The van der Waals surface area contributed by atoms with Gasteiger partial charge in [0, 0.05) is 18.4 Å². The van der Waals surface area contributed by atoms with Crippen molar-refractivity contribution < 1.29 is 55.9 Å². The van der Waals surface area contributed by atoms with E-state index in [0.717, 1.165) is 0 Å². The molecule has 2 aromatic heterocycles. The molecule has 0 spiro atoms. The minimum absolute atomic E-state index is 0.0952. The van der Waals surface area contributed by atoms with Gasteiger partial charge in [0.05, 0.1) is 18.9 Å². The molecule has 0 amide bonds. The van der Waals surface area contributed by atoms with Crippen molar-refractivity contribution >= 4 is 34.9 Å². The Morgan fingerprint density at radius 1 is 1.20 bits per heavy atom. The zero-order valence-electron chi connectivity index (χ0n) is 18.6. The summed E-state index contributed by atoms with van der Waals surface area (Å²) in [6.07, 6.45) is 3.07. The average molecular weight is 559 g/mol. The lowest BCUT2D eigenvalue weighted by molar-refractivity contribution is -0.266. The van der Waals surface area contributed by atoms with Crippen LogP contribution < -0.4 is 5.73 Å². The van der Waals surface area contributed by atoms with E-state index >= 15 is 0 Å². The van der Waals surface area contributed by atoms with Gasteiger partial charge in [-0.1, -0.05) is 19.9 Å². The molecule has 5 atom stereocenters. The van der Waals surface area contributed by atoms with Crippen LogP contribution in [0.25, 0.3) is 5.65 Å². The molecule has 6 N–H and O–H groups in total. The second-order valence-corrected chi connectivity index (χ2v) is 12.3. The van der Waals surface area contributed by atoms with Crippen molar-refractivity contribution in [1.82, 2.24) is 19.6 Å². The van der Waals surface area contributed by atoms with E-state index in [1.54, 1.807) is 13.8 Å². The van der Waals surface area contributed by atoms with Crippen LogP contribution in [-0.4, -0.2) is 59.0 Å². The second-order valence-electron chi connectivity index (χ2n) is 7.87. The highest BCUT2D eigenvalue weighted by Crippen LogP contribution is 2.66. The number of anilines is 1. The Bertz CT molecular complexity index is 1260. The van der Waals surface area contributed by atoms with Gasteiger partial charge in [0.1, 0.15) is 12.0 Å². The van der Waals surface area contributed by atoms with Gasteiger partial charge in [0.2, 0.25) is 5.79 Å². The van der Waals surface area contributed by atoms with Gasteiger partial charge in [-0.25, -0.2) is 28.2 Å². The molecule has 0 aliphatic carbocycles. The number of phosphoric ester groups is 1. The van der Waals surface area contributed by atoms with Gasteiger partial charge in [0.25, 0.3) is 0 Å². The van der Waals surface area contributed by atoms with E-state index in [-0.39, 0.29) is 11.5 Å². The van der Waals surface area contributed by atoms with Gasteiger partial charge in [-0.15, -0.1) is 6.58 Å². The molecule has 1 saturated heterocycles. The van der Waals surface area contributed by atoms with Gasteiger partial charge < -0.3 is 34.8 Å². The number of nitrogens with two attached hydrogens (primary N) is 1. The highest BCUT2D eigenvalue weighted by Gasteiger charge is 2.63. The molecule has 196 valence electrons. The fraction of sp³-hybridized carbons (Fsp3) is 0.533. The van der Waals surface area contributed by atoms with Crippen molar-refractivity contribution in [3.8, 4) is 0 Å². The number of ether oxygens (including phenoxy) is 2. The molecule has 1 aliphatic heterocycles. The van der Waals surface area contributed by atoms with Crippen LogP contribution in [0, 0.1) is 11.3 Å². The molecule has 3 rings (SSSR count). The number of rotatable bonds is 10. The number of phosphoric acid groups is 3. The first-order valence-corrected chi connectivity index (χ1v) is 14.1. The first kappa shape index (κ1) is 28.0. The molecule has 0 saturated carbocycles. The standard InChI is InChI=1S/C15H24N5O12P3/c1-5-9-10(7-29-34(24,25)32-35(26,27)31-33(21,22)23)30-15(28-4,14(9,2)3)11-6-17-13-12(16)18-8-19-20(11)13/h5-6,8-10H,1,7H2,2-4H3,(H,24,25)(H,26,27)(H2,16,18,19)(H2,21,22,23). The van der Waals surface area contributed by atoms with E-state index in [0.29, 0.717) is 5.69 Å². The van der Waals surface area contributed by atoms with E-state index in [2.05, 4.69) is 30.3 Å². The van der Waals surface area contributed by atoms with Crippen molar-refractivity contribution in [2.75, 3.05) is 19.5 Å². The van der Waals surface area contributed by atoms with E-state index in [9.17, 15) is 23.5 Å². The second kappa shape index (κ2) is 9.38. The lowest BCUT2D eigenvalue weighted by Gasteiger charge is -2.39. The predicted molar refractivity (Wildman–Crippen MR) is 116 cm³/mol. The number of aromatic nitrogens is 4. The van der Waals surface area contributed by atoms with Crippen LogP contribution >= 0.6 is 23.5 Å². The minimum atomic E-state index is -5.67. The monoisotopic (exact) mass is 559 g/mol. The Labute approximate surface area is 198 Å². The van der Waals surface area contributed by atoms with E-state index < -0.39 is 53.3 Å². The fourth-order valence-electron chi connectivity index (χ4n) is 4.04. The fourth-order valence-corrected chi connectivity index (χ4v) is 7.07. The molecule has 3 heterocycles. The number of nitrogen functional groups attached to an aromatic ring is 1. The summed E-state index contributed by atoms with van der Waals surface area (Å²) in [6.45, 7) is 6.59. The SMILES string of the molecule is C=CC1C(COP(=O)(O)OP(=O)(O)OP(=O)(O)O)OC(OC)(c2cnc3c(N)ncnn23)C1(C)C. The summed E-state index contributed by atoms with van der Waals surface area (Å²) in [5, 5.41) is 4.14. The van der Waals surface area contributed by atoms with Crippen molar-refractivity contribution in [3.63, 3.8) is 0 Å². The molecule has 20 heteroatoms. The van der Waals surface area contributed by atoms with Gasteiger partial charge in [-0.3, -0.25) is 4.52 Å². The maximum absolute atomic E-state index is 12.2. The topological polar surface area (TPSA) is 247 Å². The number of fused-ring (bicyclic) bond motifs is 1. The highest BCUT2D eigenvalue weighted by molar-refractivity contribution is 7.66. The Kier molecular flexibility index (Phi) is 7.50. The van der Waals surface area contributed by atoms with Crippen LogP contribution in [0.2, 0.25) is 0 Å². The van der Waals surface area contributed by atoms with Crippen LogP contribution in [0.4, 0.5) is 5.82 Å². The maximum Gasteiger partial charge on any atom is 0.490 e. The molecule has 1 aliphatic rings. The zero-order chi connectivity index (χ0) is 26.4. The lowest BCUT2D eigenvalue weighted by atomic mass is 9.71. The summed E-state index contributed by atoms with van der Waals surface area (Å²) in [5.74, 6) is -2.09. The number of hydrogen-bond donors (Lipinski definition) is 5. The Morgan fingerprint density at radius 2 is 1.86 bits per heavy atom. The van der Waals surface area contributed by atoms with Crippen LogP contribution in [-0.2, 0) is 42.1 Å². The van der Waals surface area contributed by atoms with Crippen LogP contribution in [0.1, 0.15) is 19.5 Å². The molecule has 0 radical (unpaired) electrons. The number of imidazole rings is 1. The van der Waals surface area contributed by atoms with E-state index in [4.69, 9.17) is 29.5 Å². The normalized spacial score (nSPS) is 28.0. The van der Waals surface area contributed by atoms with Gasteiger partial charge in [0.15, 0.2) is 11.5 Å². The molecule has 5 unspecified atom stereocenters. The molecule has 0 bridgehead atoms. The number of hydrogen-bond acceptors (Lipinski definition) is 12. The summed E-state index contributed by atoms with van der Waals surface area (Å²) in [7, 11) is -15.2. The molecular formula is C15H24N5O12P3.